The van der Waals surface area contributed by atoms with Crippen molar-refractivity contribution in [2.24, 2.45) is 5.10 Å². The molecule has 114 valence electrons. The fourth-order valence-electron chi connectivity index (χ4n) is 1.71. The summed E-state index contributed by atoms with van der Waals surface area (Å²) in [7, 11) is 0. The highest BCUT2D eigenvalue weighted by Crippen LogP contribution is 2.31. The maximum absolute atomic E-state index is 11.8. The monoisotopic (exact) mass is 424 g/mol. The van der Waals surface area contributed by atoms with Crippen LogP contribution in [0.4, 0.5) is 5.69 Å². The number of hydrogen-bond donors (Lipinski definition) is 2. The zero-order valence-corrected chi connectivity index (χ0v) is 15.0. The second kappa shape index (κ2) is 8.05. The molecule has 0 saturated carbocycles. The number of aromatic nitrogens is 1. The summed E-state index contributed by atoms with van der Waals surface area (Å²) in [5, 5.41) is 6.96. The van der Waals surface area contributed by atoms with Gasteiger partial charge in [0.25, 0.3) is 5.91 Å². The Bertz CT molecular complexity index is 666. The summed E-state index contributed by atoms with van der Waals surface area (Å²) in [5.41, 5.74) is 5.29. The van der Waals surface area contributed by atoms with Crippen LogP contribution in [0.1, 0.15) is 11.1 Å². The van der Waals surface area contributed by atoms with Gasteiger partial charge in [-0.25, -0.2) is 5.43 Å². The molecule has 5 nitrogen and oxygen atoms in total. The molecule has 0 atom stereocenters. The van der Waals surface area contributed by atoms with Crippen molar-refractivity contribution in [3.8, 4) is 0 Å². The van der Waals surface area contributed by atoms with Crippen LogP contribution in [-0.2, 0) is 4.79 Å². The number of halogens is 2. The number of benzene rings is 1. The number of hydrazone groups is 1. The number of anilines is 1. The van der Waals surface area contributed by atoms with Crippen LogP contribution >= 0.6 is 31.9 Å². The van der Waals surface area contributed by atoms with Crippen LogP contribution in [-0.4, -0.2) is 23.7 Å². The molecule has 22 heavy (non-hydrogen) atoms. The van der Waals surface area contributed by atoms with Crippen LogP contribution in [0.5, 0.6) is 0 Å². The van der Waals surface area contributed by atoms with Crippen molar-refractivity contribution in [1.29, 1.82) is 0 Å². The normalized spacial score (nSPS) is 10.7. The number of pyridine rings is 1. The minimum atomic E-state index is -0.232. The Balaban J connectivity index is 1.87. The molecule has 0 spiro atoms. The highest BCUT2D eigenvalue weighted by molar-refractivity contribution is 9.11. The summed E-state index contributed by atoms with van der Waals surface area (Å²) >= 11 is 6.94. The lowest BCUT2D eigenvalue weighted by Gasteiger charge is -2.11. The minimum absolute atomic E-state index is 0.119. The number of aryl methyl sites for hydroxylation is 1. The number of amides is 1. The molecule has 0 aliphatic heterocycles. The van der Waals surface area contributed by atoms with Gasteiger partial charge in [0.1, 0.15) is 0 Å². The Labute approximate surface area is 145 Å². The summed E-state index contributed by atoms with van der Waals surface area (Å²) in [4.78, 5) is 15.7. The summed E-state index contributed by atoms with van der Waals surface area (Å²) in [5.74, 6) is -0.232. The molecule has 2 rings (SSSR count). The topological polar surface area (TPSA) is 66.4 Å². The van der Waals surface area contributed by atoms with Gasteiger partial charge in [0.05, 0.1) is 18.4 Å². The van der Waals surface area contributed by atoms with Gasteiger partial charge in [-0.1, -0.05) is 0 Å². The van der Waals surface area contributed by atoms with Crippen molar-refractivity contribution in [3.63, 3.8) is 0 Å². The van der Waals surface area contributed by atoms with Crippen LogP contribution in [0.15, 0.2) is 50.7 Å². The van der Waals surface area contributed by atoms with E-state index in [2.05, 4.69) is 52.7 Å². The zero-order chi connectivity index (χ0) is 15.9. The second-order valence-electron chi connectivity index (χ2n) is 4.53. The van der Waals surface area contributed by atoms with E-state index in [-0.39, 0.29) is 12.5 Å². The van der Waals surface area contributed by atoms with Gasteiger partial charge in [0.2, 0.25) is 0 Å². The smallest absolute Gasteiger partial charge is 0.259 e. The maximum Gasteiger partial charge on any atom is 0.259 e. The Hall–Kier alpha value is -1.73. The van der Waals surface area contributed by atoms with Gasteiger partial charge < -0.3 is 5.32 Å². The van der Waals surface area contributed by atoms with Crippen molar-refractivity contribution >= 4 is 49.7 Å². The van der Waals surface area contributed by atoms with Crippen LogP contribution in [0.3, 0.4) is 0 Å². The van der Waals surface area contributed by atoms with Gasteiger partial charge in [0.15, 0.2) is 0 Å². The molecule has 0 saturated heterocycles. The van der Waals surface area contributed by atoms with E-state index >= 15 is 0 Å². The average Bonchev–Trinajstić information content (AvgIpc) is 2.47. The largest absolute Gasteiger partial charge is 0.374 e. The van der Waals surface area contributed by atoms with Crippen molar-refractivity contribution < 1.29 is 4.79 Å². The van der Waals surface area contributed by atoms with Crippen molar-refractivity contribution in [3.05, 3.63) is 56.7 Å². The first-order chi connectivity index (χ1) is 10.6. The Morgan fingerprint density at radius 2 is 1.91 bits per heavy atom. The molecule has 1 aromatic heterocycles. The first-order valence-electron chi connectivity index (χ1n) is 6.47. The van der Waals surface area contributed by atoms with Crippen molar-refractivity contribution in [2.75, 3.05) is 11.9 Å². The van der Waals surface area contributed by atoms with Gasteiger partial charge >= 0.3 is 0 Å². The molecular formula is C15H14Br2N4O. The summed E-state index contributed by atoms with van der Waals surface area (Å²) in [6, 6.07) is 7.56. The molecule has 0 unspecified atom stereocenters. The minimum Gasteiger partial charge on any atom is -0.374 e. The van der Waals surface area contributed by atoms with E-state index in [1.165, 1.54) is 0 Å². The molecule has 0 aliphatic rings. The van der Waals surface area contributed by atoms with Crippen LogP contribution in [0, 0.1) is 6.92 Å². The third-order valence-corrected chi connectivity index (χ3v) is 3.97. The van der Waals surface area contributed by atoms with Gasteiger partial charge in [-0.2, -0.15) is 5.10 Å². The SMILES string of the molecule is Cc1cc(Br)c(NCC(=O)N/N=C/c2ccncc2)c(Br)c1. The van der Waals surface area contributed by atoms with Crippen LogP contribution < -0.4 is 10.7 Å². The second-order valence-corrected chi connectivity index (χ2v) is 6.24. The number of rotatable bonds is 5. The number of nitrogens with zero attached hydrogens (tertiary/aromatic N) is 2. The van der Waals surface area contributed by atoms with Gasteiger partial charge in [-0.3, -0.25) is 9.78 Å². The van der Waals surface area contributed by atoms with E-state index in [1.54, 1.807) is 30.7 Å². The van der Waals surface area contributed by atoms with Crippen LogP contribution in [0.25, 0.3) is 0 Å². The first-order valence-corrected chi connectivity index (χ1v) is 8.06. The Morgan fingerprint density at radius 1 is 1.27 bits per heavy atom. The van der Waals surface area contributed by atoms with E-state index in [0.717, 1.165) is 25.8 Å². The quantitative estimate of drug-likeness (QED) is 0.569. The Morgan fingerprint density at radius 3 is 2.55 bits per heavy atom. The fourth-order valence-corrected chi connectivity index (χ4v) is 3.40. The van der Waals surface area contributed by atoms with E-state index < -0.39 is 0 Å². The van der Waals surface area contributed by atoms with E-state index in [4.69, 9.17) is 0 Å². The molecule has 1 amide bonds. The molecule has 2 aromatic rings. The van der Waals surface area contributed by atoms with Crippen molar-refractivity contribution in [2.45, 2.75) is 6.92 Å². The lowest BCUT2D eigenvalue weighted by molar-refractivity contribution is -0.119. The van der Waals surface area contributed by atoms with Crippen molar-refractivity contribution in [1.82, 2.24) is 10.4 Å². The van der Waals surface area contributed by atoms with Gasteiger partial charge in [0, 0.05) is 21.3 Å². The summed E-state index contributed by atoms with van der Waals surface area (Å²) < 4.78 is 1.79. The van der Waals surface area contributed by atoms with E-state index in [0.29, 0.717) is 0 Å². The third-order valence-electron chi connectivity index (χ3n) is 2.72. The van der Waals surface area contributed by atoms with E-state index in [9.17, 15) is 4.79 Å². The molecule has 0 aliphatic carbocycles. The molecule has 7 heteroatoms. The lowest BCUT2D eigenvalue weighted by Crippen LogP contribution is -2.26. The average molecular weight is 426 g/mol. The molecule has 0 bridgehead atoms. The number of carbonyl (C=O) groups excluding carboxylic acids is 1. The summed E-state index contributed by atoms with van der Waals surface area (Å²) in [6.07, 6.45) is 4.89. The maximum atomic E-state index is 11.8. The summed E-state index contributed by atoms with van der Waals surface area (Å²) in [6.45, 7) is 2.12. The predicted octanol–water partition coefficient (Wildman–Crippen LogP) is 3.48. The highest BCUT2D eigenvalue weighted by Gasteiger charge is 2.07. The number of carbonyl (C=O) groups is 1. The molecule has 1 aromatic carbocycles. The fraction of sp³-hybridized carbons (Fsp3) is 0.133. The predicted molar refractivity (Wildman–Crippen MR) is 95.0 cm³/mol. The molecule has 0 fully saturated rings. The number of nitrogens with one attached hydrogen (secondary N) is 2. The Kier molecular flexibility index (Phi) is 6.09. The zero-order valence-electron chi connectivity index (χ0n) is 11.8. The van der Waals surface area contributed by atoms with E-state index in [1.807, 2.05) is 19.1 Å². The third kappa shape index (κ3) is 4.92. The standard InChI is InChI=1S/C15H14Br2N4O/c1-10-6-12(16)15(13(17)7-10)19-9-14(22)21-20-8-11-2-4-18-5-3-11/h2-8,19H,9H2,1H3,(H,21,22)/b20-8+. The number of hydrogen-bond acceptors (Lipinski definition) is 4. The molecule has 1 heterocycles. The molecule has 0 radical (unpaired) electrons. The lowest BCUT2D eigenvalue weighted by atomic mass is 10.2. The molecule has 2 N–H and O–H groups in total. The molecular weight excluding hydrogens is 412 g/mol. The highest BCUT2D eigenvalue weighted by atomic mass is 79.9. The first kappa shape index (κ1) is 16.6. The van der Waals surface area contributed by atoms with Gasteiger partial charge in [-0.15, -0.1) is 0 Å². The van der Waals surface area contributed by atoms with Gasteiger partial charge in [-0.05, 0) is 74.2 Å². The van der Waals surface area contributed by atoms with Crippen LogP contribution in [0.2, 0.25) is 0 Å².